The number of aromatic nitrogens is 2. The number of anilines is 1. The van der Waals surface area contributed by atoms with Crippen molar-refractivity contribution in [1.82, 2.24) is 9.97 Å². The Kier molecular flexibility index (Phi) is 3.53. The summed E-state index contributed by atoms with van der Waals surface area (Å²) in [4.78, 5) is 21.4. The van der Waals surface area contributed by atoms with E-state index in [0.717, 1.165) is 11.4 Å². The molecular formula is C11H14FN3O3S. The predicted octanol–water partition coefficient (Wildman–Crippen LogP) is 0.746. The Bertz CT molecular complexity index is 597. The minimum Gasteiger partial charge on any atom is -0.280 e. The lowest BCUT2D eigenvalue weighted by atomic mass is 10.1. The van der Waals surface area contributed by atoms with E-state index in [9.17, 15) is 17.1 Å². The lowest BCUT2D eigenvalue weighted by Gasteiger charge is -2.15. The summed E-state index contributed by atoms with van der Waals surface area (Å²) in [6.07, 6.45) is -0.000497. The zero-order valence-electron chi connectivity index (χ0n) is 10.6. The maximum absolute atomic E-state index is 12.6. The lowest BCUT2D eigenvalue weighted by Crippen LogP contribution is -2.27. The van der Waals surface area contributed by atoms with E-state index in [2.05, 4.69) is 9.97 Å². The molecule has 1 saturated heterocycles. The molecular weight excluding hydrogens is 273 g/mol. The number of carbonyl (C=O) groups excluding carboxylic acids is 1. The molecule has 1 unspecified atom stereocenters. The van der Waals surface area contributed by atoms with Crippen molar-refractivity contribution in [3.05, 3.63) is 17.5 Å². The van der Waals surface area contributed by atoms with Crippen molar-refractivity contribution in [2.24, 2.45) is 5.92 Å². The summed E-state index contributed by atoms with van der Waals surface area (Å²) in [5, 5.41) is 0. The number of carbonyl (C=O) groups is 1. The van der Waals surface area contributed by atoms with Crippen LogP contribution in [0.15, 0.2) is 6.07 Å². The van der Waals surface area contributed by atoms with Crippen LogP contribution in [-0.4, -0.2) is 36.6 Å². The van der Waals surface area contributed by atoms with E-state index in [-0.39, 0.29) is 24.8 Å². The van der Waals surface area contributed by atoms with Gasteiger partial charge in [0.15, 0.2) is 0 Å². The second-order valence-corrected chi connectivity index (χ2v) is 6.14. The highest BCUT2D eigenvalue weighted by Crippen LogP contribution is 2.24. The average Bonchev–Trinajstić information content (AvgIpc) is 2.54. The van der Waals surface area contributed by atoms with Gasteiger partial charge in [-0.1, -0.05) is 0 Å². The van der Waals surface area contributed by atoms with E-state index in [0.29, 0.717) is 0 Å². The average molecular weight is 287 g/mol. The van der Waals surface area contributed by atoms with Crippen LogP contribution in [0.1, 0.15) is 17.8 Å². The fourth-order valence-electron chi connectivity index (χ4n) is 2.20. The molecule has 6 nitrogen and oxygen atoms in total. The third-order valence-corrected chi connectivity index (χ3v) is 3.72. The van der Waals surface area contributed by atoms with Crippen LogP contribution in [-0.2, 0) is 15.0 Å². The van der Waals surface area contributed by atoms with Gasteiger partial charge in [0.1, 0.15) is 0 Å². The normalized spacial score (nSPS) is 20.1. The zero-order chi connectivity index (χ0) is 14.2. The van der Waals surface area contributed by atoms with Crippen LogP contribution in [0.4, 0.5) is 9.83 Å². The second kappa shape index (κ2) is 4.84. The Balaban J connectivity index is 2.20. The summed E-state index contributed by atoms with van der Waals surface area (Å²) in [6.45, 7) is 3.69. The van der Waals surface area contributed by atoms with Crippen LogP contribution >= 0.6 is 0 Å². The van der Waals surface area contributed by atoms with Gasteiger partial charge in [-0.3, -0.25) is 9.69 Å². The van der Waals surface area contributed by atoms with Gasteiger partial charge in [-0.25, -0.2) is 9.97 Å². The fourth-order valence-corrected chi connectivity index (χ4v) is 2.98. The van der Waals surface area contributed by atoms with Gasteiger partial charge in [0.25, 0.3) is 0 Å². The van der Waals surface area contributed by atoms with Gasteiger partial charge in [-0.15, -0.1) is 3.89 Å². The molecule has 0 spiro atoms. The number of nitrogens with zero attached hydrogens (tertiary/aromatic N) is 3. The lowest BCUT2D eigenvalue weighted by molar-refractivity contribution is -0.117. The van der Waals surface area contributed by atoms with Crippen LogP contribution in [0, 0.1) is 19.8 Å². The van der Waals surface area contributed by atoms with E-state index in [1.807, 2.05) is 0 Å². The molecule has 1 aromatic heterocycles. The summed E-state index contributed by atoms with van der Waals surface area (Å²) < 4.78 is 33.9. The molecule has 0 radical (unpaired) electrons. The third-order valence-electron chi connectivity index (χ3n) is 2.85. The van der Waals surface area contributed by atoms with Gasteiger partial charge < -0.3 is 0 Å². The van der Waals surface area contributed by atoms with Gasteiger partial charge in [0.2, 0.25) is 11.9 Å². The summed E-state index contributed by atoms with van der Waals surface area (Å²) in [7, 11) is -4.57. The number of amides is 1. The highest BCUT2D eigenvalue weighted by atomic mass is 32.3. The second-order valence-electron chi connectivity index (χ2n) is 4.73. The first-order chi connectivity index (χ1) is 8.74. The maximum Gasteiger partial charge on any atom is 0.302 e. The van der Waals surface area contributed by atoms with Crippen LogP contribution in [0.3, 0.4) is 0 Å². The first-order valence-electron chi connectivity index (χ1n) is 5.79. The molecule has 1 fully saturated rings. The van der Waals surface area contributed by atoms with Crippen LogP contribution in [0.2, 0.25) is 0 Å². The molecule has 0 aliphatic carbocycles. The monoisotopic (exact) mass is 287 g/mol. The molecule has 0 N–H and O–H groups in total. The molecule has 2 heterocycles. The highest BCUT2D eigenvalue weighted by molar-refractivity contribution is 7.86. The summed E-state index contributed by atoms with van der Waals surface area (Å²) in [5.41, 5.74) is 1.44. The van der Waals surface area contributed by atoms with Gasteiger partial charge in [0, 0.05) is 30.3 Å². The molecule has 19 heavy (non-hydrogen) atoms. The smallest absolute Gasteiger partial charge is 0.280 e. The van der Waals surface area contributed by atoms with Crippen LogP contribution in [0.25, 0.3) is 0 Å². The van der Waals surface area contributed by atoms with E-state index in [1.54, 1.807) is 19.9 Å². The zero-order valence-corrected chi connectivity index (χ0v) is 11.4. The molecule has 1 aliphatic heterocycles. The SMILES string of the molecule is Cc1cc(C)nc(N2CC(CS(=O)(=O)F)CC2=O)n1. The predicted molar refractivity (Wildman–Crippen MR) is 66.9 cm³/mol. The highest BCUT2D eigenvalue weighted by Gasteiger charge is 2.35. The van der Waals surface area contributed by atoms with Crippen molar-refractivity contribution < 1.29 is 17.1 Å². The first kappa shape index (κ1) is 13.9. The Morgan fingerprint density at radius 2 is 1.95 bits per heavy atom. The van der Waals surface area contributed by atoms with Gasteiger partial charge in [-0.05, 0) is 19.9 Å². The molecule has 1 aromatic rings. The van der Waals surface area contributed by atoms with Crippen molar-refractivity contribution in [1.29, 1.82) is 0 Å². The quantitative estimate of drug-likeness (QED) is 0.766. The van der Waals surface area contributed by atoms with Gasteiger partial charge in [0.05, 0.1) is 5.75 Å². The minimum atomic E-state index is -4.57. The largest absolute Gasteiger partial charge is 0.302 e. The molecule has 1 amide bonds. The summed E-state index contributed by atoms with van der Waals surface area (Å²) in [6, 6.07) is 1.77. The van der Waals surface area contributed by atoms with Crippen LogP contribution in [0.5, 0.6) is 0 Å². The molecule has 0 aromatic carbocycles. The molecule has 104 valence electrons. The first-order valence-corrected chi connectivity index (χ1v) is 7.35. The van der Waals surface area contributed by atoms with Crippen molar-refractivity contribution in [3.63, 3.8) is 0 Å². The van der Waals surface area contributed by atoms with Crippen molar-refractivity contribution in [2.45, 2.75) is 20.3 Å². The molecule has 1 atom stereocenters. The van der Waals surface area contributed by atoms with E-state index >= 15 is 0 Å². The topological polar surface area (TPSA) is 80.2 Å². The Hall–Kier alpha value is -1.57. The Labute approximate surface area is 110 Å². The molecule has 1 aliphatic rings. The number of halogens is 1. The summed E-state index contributed by atoms with van der Waals surface area (Å²) >= 11 is 0. The van der Waals surface area contributed by atoms with E-state index in [4.69, 9.17) is 0 Å². The molecule has 0 bridgehead atoms. The summed E-state index contributed by atoms with van der Waals surface area (Å²) in [5.74, 6) is -1.22. The molecule has 8 heteroatoms. The minimum absolute atomic E-state index is 0.000497. The number of rotatable bonds is 3. The fraction of sp³-hybridized carbons (Fsp3) is 0.545. The van der Waals surface area contributed by atoms with Crippen molar-refractivity contribution >= 4 is 22.1 Å². The van der Waals surface area contributed by atoms with Crippen molar-refractivity contribution in [2.75, 3.05) is 17.2 Å². The van der Waals surface area contributed by atoms with Crippen molar-refractivity contribution in [3.8, 4) is 0 Å². The maximum atomic E-state index is 12.6. The Morgan fingerprint density at radius 3 is 2.47 bits per heavy atom. The standard InChI is InChI=1S/C11H14FN3O3S/c1-7-3-8(2)14-11(13-7)15-5-9(4-10(15)16)6-19(12,17)18/h3,9H,4-6H2,1-2H3. The number of hydrogen-bond donors (Lipinski definition) is 0. The molecule has 0 saturated carbocycles. The molecule has 2 rings (SSSR count). The van der Waals surface area contributed by atoms with Gasteiger partial charge >= 0.3 is 10.2 Å². The Morgan fingerprint density at radius 1 is 1.37 bits per heavy atom. The van der Waals surface area contributed by atoms with E-state index < -0.39 is 21.9 Å². The third kappa shape index (κ3) is 3.46. The van der Waals surface area contributed by atoms with E-state index in [1.165, 1.54) is 4.90 Å². The number of hydrogen-bond acceptors (Lipinski definition) is 5. The van der Waals surface area contributed by atoms with Crippen LogP contribution < -0.4 is 4.90 Å². The number of aryl methyl sites for hydroxylation is 2. The van der Waals surface area contributed by atoms with Gasteiger partial charge in [-0.2, -0.15) is 8.42 Å².